The van der Waals surface area contributed by atoms with Crippen LogP contribution >= 0.6 is 0 Å². The molecule has 0 aromatic heterocycles. The number of unbranched alkanes of at least 4 members (excludes halogenated alkanes) is 1. The summed E-state index contributed by atoms with van der Waals surface area (Å²) in [4.78, 5) is 33.2. The van der Waals surface area contributed by atoms with E-state index in [0.717, 1.165) is 29.7 Å². The fourth-order valence-corrected chi connectivity index (χ4v) is 4.66. The molecule has 0 aliphatic rings. The molecule has 212 valence electrons. The molecule has 0 unspecified atom stereocenters. The number of hydrogen-bond donors (Lipinski definition) is 4. The van der Waals surface area contributed by atoms with Gasteiger partial charge in [-0.2, -0.15) is 0 Å². The van der Waals surface area contributed by atoms with E-state index in [9.17, 15) is 14.7 Å². The zero-order chi connectivity index (χ0) is 28.7. The molecule has 0 aliphatic carbocycles. The van der Waals surface area contributed by atoms with Gasteiger partial charge in [0.25, 0.3) is 0 Å². The number of phenolic OH excluding ortho intramolecular Hbond substituents is 1. The van der Waals surface area contributed by atoms with Gasteiger partial charge in [0, 0.05) is 13.1 Å². The molecule has 8 nitrogen and oxygen atoms in total. The quantitative estimate of drug-likeness (QED) is 0.0936. The minimum atomic E-state index is -0.799. The van der Waals surface area contributed by atoms with E-state index >= 15 is 0 Å². The molecule has 3 aromatic carbocycles. The third-order valence-electron chi connectivity index (χ3n) is 6.73. The third-order valence-corrected chi connectivity index (χ3v) is 6.73. The molecule has 2 atom stereocenters. The van der Waals surface area contributed by atoms with Crippen LogP contribution in [0.15, 0.2) is 89.9 Å². The maximum atomic E-state index is 14.4. The van der Waals surface area contributed by atoms with Gasteiger partial charge >= 0.3 is 0 Å². The number of rotatable bonds is 16. The van der Waals surface area contributed by atoms with Crippen molar-refractivity contribution < 1.29 is 14.7 Å². The number of nitrogens with one attached hydrogen (secondary N) is 2. The lowest BCUT2D eigenvalue weighted by molar-refractivity contribution is -0.141. The minimum absolute atomic E-state index is 0.134. The van der Waals surface area contributed by atoms with Crippen molar-refractivity contribution in [2.45, 2.75) is 57.8 Å². The Hall–Kier alpha value is -4.17. The number of carbonyl (C=O) groups excluding carboxylic acids is 2. The van der Waals surface area contributed by atoms with Crippen LogP contribution in [0.1, 0.15) is 55.7 Å². The highest BCUT2D eigenvalue weighted by Crippen LogP contribution is 2.29. The summed E-state index contributed by atoms with van der Waals surface area (Å²) < 4.78 is 0. The Labute approximate surface area is 237 Å². The number of aliphatic imine (C=N–C) groups is 1. The monoisotopic (exact) mass is 543 g/mol. The Bertz CT molecular complexity index is 1160. The molecule has 0 heterocycles. The summed E-state index contributed by atoms with van der Waals surface area (Å²) in [5.41, 5.74) is 8.41. The van der Waals surface area contributed by atoms with Crippen molar-refractivity contribution in [2.24, 2.45) is 10.7 Å². The second-order valence-corrected chi connectivity index (χ2v) is 9.78. The zero-order valence-corrected chi connectivity index (χ0v) is 23.4. The molecule has 0 bridgehead atoms. The predicted octanol–water partition coefficient (Wildman–Crippen LogP) is 4.15. The van der Waals surface area contributed by atoms with Gasteiger partial charge in [-0.05, 0) is 61.6 Å². The maximum absolute atomic E-state index is 14.4. The second kappa shape index (κ2) is 16.1. The molecule has 0 aliphatic heterocycles. The van der Waals surface area contributed by atoms with E-state index in [1.807, 2.05) is 74.5 Å². The highest BCUT2D eigenvalue weighted by Gasteiger charge is 2.34. The van der Waals surface area contributed by atoms with Gasteiger partial charge in [0.2, 0.25) is 11.8 Å². The van der Waals surface area contributed by atoms with Crippen molar-refractivity contribution in [1.29, 1.82) is 0 Å². The van der Waals surface area contributed by atoms with Crippen LogP contribution in [0.5, 0.6) is 5.75 Å². The van der Waals surface area contributed by atoms with E-state index in [1.165, 1.54) is 0 Å². The number of benzene rings is 3. The zero-order valence-electron chi connectivity index (χ0n) is 23.4. The molecule has 2 amide bonds. The van der Waals surface area contributed by atoms with Crippen LogP contribution in [0, 0.1) is 0 Å². The first kappa shape index (κ1) is 30.4. The average molecular weight is 544 g/mol. The average Bonchev–Trinajstić information content (AvgIpc) is 2.96. The van der Waals surface area contributed by atoms with Gasteiger partial charge < -0.3 is 21.1 Å². The van der Waals surface area contributed by atoms with Gasteiger partial charge in [-0.15, -0.1) is 0 Å². The van der Waals surface area contributed by atoms with E-state index < -0.39 is 17.9 Å². The number of aromatic hydroxyl groups is 1. The summed E-state index contributed by atoms with van der Waals surface area (Å²) in [5.74, 6) is -1.21. The van der Waals surface area contributed by atoms with Gasteiger partial charge in [0.05, 0.1) is 18.4 Å². The van der Waals surface area contributed by atoms with E-state index in [-0.39, 0.29) is 24.4 Å². The Kier molecular flexibility index (Phi) is 12.2. The molecule has 0 saturated carbocycles. The van der Waals surface area contributed by atoms with E-state index in [1.54, 1.807) is 35.5 Å². The summed E-state index contributed by atoms with van der Waals surface area (Å²) >= 11 is 0. The number of amides is 2. The van der Waals surface area contributed by atoms with Crippen LogP contribution in [0.25, 0.3) is 0 Å². The predicted molar refractivity (Wildman–Crippen MR) is 160 cm³/mol. The number of phenols is 1. The topological polar surface area (TPSA) is 120 Å². The van der Waals surface area contributed by atoms with Crippen LogP contribution in [-0.4, -0.2) is 53.5 Å². The van der Waals surface area contributed by atoms with Crippen molar-refractivity contribution in [2.75, 3.05) is 13.1 Å². The first-order valence-electron chi connectivity index (χ1n) is 13.9. The smallest absolute Gasteiger partial charge is 0.240 e. The maximum Gasteiger partial charge on any atom is 0.240 e. The van der Waals surface area contributed by atoms with Gasteiger partial charge in [-0.1, -0.05) is 79.7 Å². The lowest BCUT2D eigenvalue weighted by atomic mass is 9.89. The van der Waals surface area contributed by atoms with Crippen LogP contribution in [-0.2, 0) is 16.1 Å². The lowest BCUT2D eigenvalue weighted by Crippen LogP contribution is -2.49. The summed E-state index contributed by atoms with van der Waals surface area (Å²) in [6, 6.07) is 25.0. The molecule has 0 spiro atoms. The molecule has 0 fully saturated rings. The Balaban J connectivity index is 1.83. The highest BCUT2D eigenvalue weighted by molar-refractivity contribution is 5.92. The molecule has 3 rings (SSSR count). The van der Waals surface area contributed by atoms with Gasteiger partial charge in [-0.3, -0.25) is 19.9 Å². The number of hydrogen-bond acceptors (Lipinski definition) is 5. The number of nitrogens with two attached hydrogens (primary N) is 1. The molecular formula is C32H41N5O3. The highest BCUT2D eigenvalue weighted by atomic mass is 16.3. The van der Waals surface area contributed by atoms with Gasteiger partial charge in [-0.25, -0.2) is 0 Å². The van der Waals surface area contributed by atoms with Crippen molar-refractivity contribution >= 4 is 18.2 Å². The molecule has 40 heavy (non-hydrogen) atoms. The molecule has 0 saturated heterocycles. The fourth-order valence-electron chi connectivity index (χ4n) is 4.66. The summed E-state index contributed by atoms with van der Waals surface area (Å²) in [6.07, 6.45) is 3.68. The van der Waals surface area contributed by atoms with Gasteiger partial charge in [0.1, 0.15) is 11.8 Å². The lowest BCUT2D eigenvalue weighted by Gasteiger charge is -2.33. The second-order valence-electron chi connectivity index (χ2n) is 9.78. The summed E-state index contributed by atoms with van der Waals surface area (Å²) in [6.45, 7) is 5.71. The van der Waals surface area contributed by atoms with Crippen LogP contribution < -0.4 is 16.4 Å². The Morgan fingerprint density at radius 1 is 0.950 bits per heavy atom. The van der Waals surface area contributed by atoms with Crippen LogP contribution in [0.3, 0.4) is 0 Å². The van der Waals surface area contributed by atoms with Gasteiger partial charge in [0.15, 0.2) is 0 Å². The third kappa shape index (κ3) is 9.24. The van der Waals surface area contributed by atoms with Crippen LogP contribution in [0.4, 0.5) is 0 Å². The normalized spacial score (nSPS) is 12.8. The summed E-state index contributed by atoms with van der Waals surface area (Å²) in [7, 11) is 0. The standard InChI is InChI=1S/C32H41N5O3/c1-3-35-24(2)36-23-34-21-11-10-16-29(31(33)39)37(22-25-17-19-28(38)20-18-25)32(40)30(26-12-6-4-7-13-26)27-14-8-5-9-15-27/h4-9,12-15,17-20,23-24,29-30,35,38H,3,10-11,16,21-22H2,1-2H3,(H2,33,39)(H,34,36)/t24-,29+/m1/s1. The number of carbonyl (C=O) groups is 2. The van der Waals surface area contributed by atoms with Crippen molar-refractivity contribution in [3.63, 3.8) is 0 Å². The molecule has 3 aromatic rings. The molecule has 0 radical (unpaired) electrons. The van der Waals surface area contributed by atoms with E-state index in [2.05, 4.69) is 15.6 Å². The number of nitrogens with zero attached hydrogens (tertiary/aromatic N) is 2. The van der Waals surface area contributed by atoms with Crippen molar-refractivity contribution in [1.82, 2.24) is 15.5 Å². The van der Waals surface area contributed by atoms with Crippen molar-refractivity contribution in [3.05, 3.63) is 102 Å². The summed E-state index contributed by atoms with van der Waals surface area (Å²) in [5, 5.41) is 16.2. The number of primary amides is 1. The van der Waals surface area contributed by atoms with E-state index in [0.29, 0.717) is 19.4 Å². The van der Waals surface area contributed by atoms with Crippen molar-refractivity contribution in [3.8, 4) is 5.75 Å². The first-order valence-corrected chi connectivity index (χ1v) is 13.9. The molecular weight excluding hydrogens is 502 g/mol. The Morgan fingerprint density at radius 2 is 1.55 bits per heavy atom. The minimum Gasteiger partial charge on any atom is -0.508 e. The van der Waals surface area contributed by atoms with E-state index in [4.69, 9.17) is 5.73 Å². The Morgan fingerprint density at radius 3 is 2.10 bits per heavy atom. The molecule has 8 heteroatoms. The SMILES string of the molecule is CCN[C@@H](C)NC=NCCCC[C@@H](C(N)=O)N(Cc1ccc(O)cc1)C(=O)C(c1ccccc1)c1ccccc1. The first-order chi connectivity index (χ1) is 19.4. The largest absolute Gasteiger partial charge is 0.508 e. The fraction of sp³-hybridized carbons (Fsp3) is 0.344. The van der Waals surface area contributed by atoms with Crippen LogP contribution in [0.2, 0.25) is 0 Å². The molecule has 5 N–H and O–H groups in total.